The van der Waals surface area contributed by atoms with E-state index in [9.17, 15) is 0 Å². The molecule has 0 saturated heterocycles. The number of aromatic nitrogens is 2. The smallest absolute Gasteiger partial charge is 0.112 e. The lowest BCUT2D eigenvalue weighted by atomic mass is 9.72. The first-order chi connectivity index (χ1) is 12.5. The Hall–Kier alpha value is -2.35. The summed E-state index contributed by atoms with van der Waals surface area (Å²) >= 11 is 0. The number of hydrogen-bond acceptors (Lipinski definition) is 1. The SMILES string of the molecule is Cn1cc(C=Cc2ccc3ccccc3c2)nc1C1CCCC(C)(C)C1. The van der Waals surface area contributed by atoms with Crippen molar-refractivity contribution in [2.75, 3.05) is 0 Å². The Kier molecular flexibility index (Phi) is 4.44. The lowest BCUT2D eigenvalue weighted by Crippen LogP contribution is -2.23. The summed E-state index contributed by atoms with van der Waals surface area (Å²) in [4.78, 5) is 4.95. The van der Waals surface area contributed by atoms with Gasteiger partial charge in [-0.15, -0.1) is 0 Å². The van der Waals surface area contributed by atoms with E-state index in [0.717, 1.165) is 5.69 Å². The largest absolute Gasteiger partial charge is 0.337 e. The number of rotatable bonds is 3. The Labute approximate surface area is 156 Å². The van der Waals surface area contributed by atoms with E-state index in [2.05, 4.69) is 86.3 Å². The highest BCUT2D eigenvalue weighted by Crippen LogP contribution is 2.42. The Morgan fingerprint density at radius 1 is 1.08 bits per heavy atom. The van der Waals surface area contributed by atoms with Crippen molar-refractivity contribution in [3.05, 3.63) is 65.7 Å². The van der Waals surface area contributed by atoms with Crippen molar-refractivity contribution in [3.63, 3.8) is 0 Å². The normalized spacial score (nSPS) is 20.0. The van der Waals surface area contributed by atoms with Crippen LogP contribution in [-0.2, 0) is 7.05 Å². The highest BCUT2D eigenvalue weighted by atomic mass is 15.1. The minimum absolute atomic E-state index is 0.440. The zero-order valence-corrected chi connectivity index (χ0v) is 16.1. The molecular weight excluding hydrogens is 316 g/mol. The molecule has 2 aromatic carbocycles. The average Bonchev–Trinajstić information content (AvgIpc) is 3.00. The van der Waals surface area contributed by atoms with E-state index in [1.165, 1.54) is 47.8 Å². The first-order valence-electron chi connectivity index (χ1n) is 9.70. The first-order valence-corrected chi connectivity index (χ1v) is 9.70. The van der Waals surface area contributed by atoms with Crippen LogP contribution >= 0.6 is 0 Å². The van der Waals surface area contributed by atoms with Crippen molar-refractivity contribution in [3.8, 4) is 0 Å². The zero-order chi connectivity index (χ0) is 18.1. The van der Waals surface area contributed by atoms with Gasteiger partial charge in [-0.3, -0.25) is 0 Å². The topological polar surface area (TPSA) is 17.8 Å². The van der Waals surface area contributed by atoms with Crippen molar-refractivity contribution in [1.82, 2.24) is 9.55 Å². The van der Waals surface area contributed by atoms with Gasteiger partial charge >= 0.3 is 0 Å². The van der Waals surface area contributed by atoms with Crippen molar-refractivity contribution in [2.45, 2.75) is 45.4 Å². The lowest BCUT2D eigenvalue weighted by molar-refractivity contribution is 0.213. The number of nitrogens with zero attached hydrogens (tertiary/aromatic N) is 2. The van der Waals surface area contributed by atoms with Crippen LogP contribution in [0.4, 0.5) is 0 Å². The molecule has 0 radical (unpaired) electrons. The van der Waals surface area contributed by atoms with Gasteiger partial charge in [0.15, 0.2) is 0 Å². The molecule has 1 heterocycles. The van der Waals surface area contributed by atoms with Crippen molar-refractivity contribution in [1.29, 1.82) is 0 Å². The predicted molar refractivity (Wildman–Crippen MR) is 111 cm³/mol. The van der Waals surface area contributed by atoms with Crippen LogP contribution < -0.4 is 0 Å². The van der Waals surface area contributed by atoms with Gasteiger partial charge in [-0.05, 0) is 53.2 Å². The summed E-state index contributed by atoms with van der Waals surface area (Å²) in [5, 5.41) is 2.56. The summed E-state index contributed by atoms with van der Waals surface area (Å²) in [6.07, 6.45) is 11.6. The second-order valence-electron chi connectivity index (χ2n) is 8.53. The van der Waals surface area contributed by atoms with Crippen LogP contribution in [0.5, 0.6) is 0 Å². The van der Waals surface area contributed by atoms with Crippen molar-refractivity contribution in [2.24, 2.45) is 12.5 Å². The molecule has 4 rings (SSSR count). The van der Waals surface area contributed by atoms with E-state index >= 15 is 0 Å². The molecule has 1 atom stereocenters. The molecule has 1 aromatic heterocycles. The van der Waals surface area contributed by atoms with E-state index in [4.69, 9.17) is 4.98 Å². The second kappa shape index (κ2) is 6.75. The fourth-order valence-corrected chi connectivity index (χ4v) is 4.38. The maximum atomic E-state index is 4.95. The maximum Gasteiger partial charge on any atom is 0.112 e. The summed E-state index contributed by atoms with van der Waals surface area (Å²) in [5.74, 6) is 1.84. The molecule has 0 amide bonds. The van der Waals surface area contributed by atoms with Crippen LogP contribution in [0.25, 0.3) is 22.9 Å². The predicted octanol–water partition coefficient (Wildman–Crippen LogP) is 6.43. The molecule has 0 N–H and O–H groups in total. The molecule has 0 aliphatic heterocycles. The summed E-state index contributed by atoms with van der Waals surface area (Å²) < 4.78 is 2.23. The van der Waals surface area contributed by atoms with Gasteiger partial charge in [0.25, 0.3) is 0 Å². The fourth-order valence-electron chi connectivity index (χ4n) is 4.38. The standard InChI is InChI=1S/C24H28N2/c1-24(2)14-6-9-21(16-24)23-25-22(17-26(23)3)13-11-18-10-12-19-7-4-5-8-20(19)15-18/h4-5,7-8,10-13,15,17,21H,6,9,14,16H2,1-3H3. The van der Waals surface area contributed by atoms with Crippen LogP contribution in [0, 0.1) is 5.41 Å². The van der Waals surface area contributed by atoms with Gasteiger partial charge in [0.1, 0.15) is 5.82 Å². The third-order valence-corrected chi connectivity index (χ3v) is 5.72. The van der Waals surface area contributed by atoms with Crippen LogP contribution in [0.3, 0.4) is 0 Å². The molecular formula is C24H28N2. The molecule has 1 saturated carbocycles. The molecule has 2 heteroatoms. The number of aryl methyl sites for hydroxylation is 1. The quantitative estimate of drug-likeness (QED) is 0.535. The maximum absolute atomic E-state index is 4.95. The third-order valence-electron chi connectivity index (χ3n) is 5.72. The Bertz CT molecular complexity index is 946. The Morgan fingerprint density at radius 2 is 1.88 bits per heavy atom. The van der Waals surface area contributed by atoms with Crippen molar-refractivity contribution < 1.29 is 0 Å². The molecule has 26 heavy (non-hydrogen) atoms. The van der Waals surface area contributed by atoms with E-state index in [1.807, 2.05) is 0 Å². The second-order valence-corrected chi connectivity index (χ2v) is 8.53. The van der Waals surface area contributed by atoms with Gasteiger partial charge in [0.2, 0.25) is 0 Å². The van der Waals surface area contributed by atoms with Crippen LogP contribution in [-0.4, -0.2) is 9.55 Å². The highest BCUT2D eigenvalue weighted by Gasteiger charge is 2.30. The van der Waals surface area contributed by atoms with Crippen LogP contribution in [0.2, 0.25) is 0 Å². The van der Waals surface area contributed by atoms with E-state index < -0.39 is 0 Å². The minimum atomic E-state index is 0.440. The van der Waals surface area contributed by atoms with E-state index in [1.54, 1.807) is 0 Å². The summed E-state index contributed by atoms with van der Waals surface area (Å²) in [5.41, 5.74) is 2.71. The zero-order valence-electron chi connectivity index (χ0n) is 16.1. The van der Waals surface area contributed by atoms with Gasteiger partial charge in [-0.25, -0.2) is 4.98 Å². The van der Waals surface area contributed by atoms with E-state index in [-0.39, 0.29) is 0 Å². The molecule has 134 valence electrons. The number of imidazole rings is 1. The first kappa shape index (κ1) is 17.1. The van der Waals surface area contributed by atoms with E-state index in [0.29, 0.717) is 11.3 Å². The molecule has 3 aromatic rings. The molecule has 0 spiro atoms. The molecule has 1 fully saturated rings. The van der Waals surface area contributed by atoms with Crippen LogP contribution in [0.1, 0.15) is 62.5 Å². The molecule has 0 bridgehead atoms. The summed E-state index contributed by atoms with van der Waals surface area (Å²) in [6.45, 7) is 4.78. The average molecular weight is 345 g/mol. The van der Waals surface area contributed by atoms with Gasteiger partial charge < -0.3 is 4.57 Å². The minimum Gasteiger partial charge on any atom is -0.337 e. The molecule has 1 unspecified atom stereocenters. The third kappa shape index (κ3) is 3.60. The Morgan fingerprint density at radius 3 is 2.69 bits per heavy atom. The monoisotopic (exact) mass is 344 g/mol. The lowest BCUT2D eigenvalue weighted by Gasteiger charge is -2.34. The summed E-state index contributed by atoms with van der Waals surface area (Å²) in [6, 6.07) is 15.1. The van der Waals surface area contributed by atoms with Gasteiger partial charge in [0.05, 0.1) is 5.69 Å². The molecule has 1 aliphatic carbocycles. The van der Waals surface area contributed by atoms with Gasteiger partial charge in [0, 0.05) is 19.2 Å². The number of benzene rings is 2. The molecule has 2 nitrogen and oxygen atoms in total. The fraction of sp³-hybridized carbons (Fsp3) is 0.375. The molecule has 1 aliphatic rings. The highest BCUT2D eigenvalue weighted by molar-refractivity contribution is 5.85. The number of hydrogen-bond donors (Lipinski definition) is 0. The Balaban J connectivity index is 1.55. The van der Waals surface area contributed by atoms with Gasteiger partial charge in [-0.2, -0.15) is 0 Å². The summed E-state index contributed by atoms with van der Waals surface area (Å²) in [7, 11) is 2.14. The van der Waals surface area contributed by atoms with Gasteiger partial charge in [-0.1, -0.05) is 62.7 Å². The van der Waals surface area contributed by atoms with Crippen molar-refractivity contribution >= 4 is 22.9 Å². The van der Waals surface area contributed by atoms with Crippen LogP contribution in [0.15, 0.2) is 48.7 Å². The number of fused-ring (bicyclic) bond motifs is 1.